The molecule has 0 spiro atoms. The highest BCUT2D eigenvalue weighted by atomic mass is 16.5. The molecule has 3 aromatic rings. The zero-order chi connectivity index (χ0) is 17.9. The summed E-state index contributed by atoms with van der Waals surface area (Å²) in [5.41, 5.74) is 3.22. The number of hydrogen-bond donors (Lipinski definition) is 0. The van der Waals surface area contributed by atoms with Gasteiger partial charge in [0.05, 0.1) is 0 Å². The van der Waals surface area contributed by atoms with E-state index in [4.69, 9.17) is 9.47 Å². The Morgan fingerprint density at radius 2 is 1.20 bits per heavy atom. The molecule has 0 aliphatic carbocycles. The van der Waals surface area contributed by atoms with Crippen LogP contribution in [0.5, 0.6) is 11.8 Å². The second-order valence-corrected chi connectivity index (χ2v) is 5.32. The Morgan fingerprint density at radius 1 is 0.680 bits per heavy atom. The number of rotatable bonds is 6. The smallest absolute Gasteiger partial charge is 0.219 e. The average Bonchev–Trinajstić information content (AvgIpc) is 2.69. The van der Waals surface area contributed by atoms with Gasteiger partial charge >= 0.3 is 0 Å². The molecule has 3 rings (SSSR count). The van der Waals surface area contributed by atoms with Crippen LogP contribution in [-0.2, 0) is 13.2 Å². The summed E-state index contributed by atoms with van der Waals surface area (Å²) in [6, 6.07) is 23.9. The topological polar surface area (TPSA) is 31.4 Å². The lowest BCUT2D eigenvalue weighted by Gasteiger charge is -2.11. The molecule has 2 aromatic carbocycles. The van der Waals surface area contributed by atoms with Crippen molar-refractivity contribution in [2.45, 2.75) is 34.0 Å². The lowest BCUT2D eigenvalue weighted by molar-refractivity contribution is 0.266. The van der Waals surface area contributed by atoms with Gasteiger partial charge in [-0.25, -0.2) is 0 Å². The van der Waals surface area contributed by atoms with Gasteiger partial charge in [-0.15, -0.1) is 0 Å². The second-order valence-electron chi connectivity index (χ2n) is 5.32. The summed E-state index contributed by atoms with van der Waals surface area (Å²) in [5.74, 6) is 1.18. The van der Waals surface area contributed by atoms with E-state index in [0.717, 1.165) is 16.7 Å². The van der Waals surface area contributed by atoms with Crippen molar-refractivity contribution >= 4 is 0 Å². The molecule has 0 unspecified atom stereocenters. The van der Waals surface area contributed by atoms with Crippen molar-refractivity contribution < 1.29 is 9.47 Å². The van der Waals surface area contributed by atoms with Crippen LogP contribution < -0.4 is 9.47 Å². The van der Waals surface area contributed by atoms with E-state index in [0.29, 0.717) is 25.0 Å². The third-order valence-corrected chi connectivity index (χ3v) is 3.47. The molecule has 25 heavy (non-hydrogen) atoms. The predicted molar refractivity (Wildman–Crippen MR) is 102 cm³/mol. The Kier molecular flexibility index (Phi) is 7.51. The number of pyridine rings is 1. The maximum absolute atomic E-state index is 5.82. The van der Waals surface area contributed by atoms with Crippen molar-refractivity contribution in [3.63, 3.8) is 0 Å². The van der Waals surface area contributed by atoms with Crippen molar-refractivity contribution in [3.05, 3.63) is 89.5 Å². The summed E-state index contributed by atoms with van der Waals surface area (Å²) < 4.78 is 11.6. The molecule has 0 radical (unpaired) electrons. The minimum Gasteiger partial charge on any atom is -0.473 e. The van der Waals surface area contributed by atoms with Crippen LogP contribution in [0.15, 0.2) is 72.8 Å². The highest BCUT2D eigenvalue weighted by Crippen LogP contribution is 2.21. The molecule has 3 nitrogen and oxygen atoms in total. The van der Waals surface area contributed by atoms with E-state index in [2.05, 4.69) is 4.98 Å². The fourth-order valence-electron chi connectivity index (χ4n) is 2.18. The monoisotopic (exact) mass is 335 g/mol. The molecule has 0 saturated carbocycles. The number of hydrogen-bond acceptors (Lipinski definition) is 3. The number of aromatic nitrogens is 1. The molecular weight excluding hydrogens is 310 g/mol. The van der Waals surface area contributed by atoms with Gasteiger partial charge in [-0.2, -0.15) is 4.98 Å². The molecule has 0 aliphatic rings. The van der Waals surface area contributed by atoms with Crippen LogP contribution in [0.1, 0.15) is 30.5 Å². The first-order chi connectivity index (χ1) is 12.3. The van der Waals surface area contributed by atoms with Crippen molar-refractivity contribution in [1.29, 1.82) is 0 Å². The minimum absolute atomic E-state index is 0.495. The fraction of sp³-hybridized carbons (Fsp3) is 0.227. The van der Waals surface area contributed by atoms with E-state index in [1.165, 1.54) is 0 Å². The largest absolute Gasteiger partial charge is 0.473 e. The Morgan fingerprint density at radius 3 is 1.76 bits per heavy atom. The lowest BCUT2D eigenvalue weighted by atomic mass is 10.2. The van der Waals surface area contributed by atoms with Gasteiger partial charge in [0.1, 0.15) is 13.2 Å². The molecular formula is C22H25NO2. The van der Waals surface area contributed by atoms with Crippen LogP contribution in [0.3, 0.4) is 0 Å². The van der Waals surface area contributed by atoms with Gasteiger partial charge in [-0.1, -0.05) is 74.5 Å². The average molecular weight is 335 g/mol. The van der Waals surface area contributed by atoms with E-state index in [9.17, 15) is 0 Å². The van der Waals surface area contributed by atoms with E-state index in [1.54, 1.807) is 0 Å². The standard InChI is InChI=1S/C20H19NO2.C2H6/c1-16-12-13-19(22-14-17-8-4-2-5-9-17)21-20(16)23-15-18-10-6-3-7-11-18;1-2/h2-13H,14-15H2,1H3;1-2H3. The number of aryl methyl sites for hydroxylation is 1. The molecule has 0 amide bonds. The molecule has 0 fully saturated rings. The summed E-state index contributed by atoms with van der Waals surface area (Å²) >= 11 is 0. The zero-order valence-electron chi connectivity index (χ0n) is 15.1. The molecule has 1 heterocycles. The Labute approximate surface area is 150 Å². The van der Waals surface area contributed by atoms with E-state index >= 15 is 0 Å². The van der Waals surface area contributed by atoms with Crippen molar-refractivity contribution in [2.24, 2.45) is 0 Å². The van der Waals surface area contributed by atoms with Gasteiger partial charge in [0.2, 0.25) is 11.8 Å². The molecule has 0 bridgehead atoms. The molecule has 3 heteroatoms. The van der Waals surface area contributed by atoms with Crippen molar-refractivity contribution in [1.82, 2.24) is 4.98 Å². The van der Waals surface area contributed by atoms with Gasteiger partial charge in [-0.05, 0) is 24.1 Å². The van der Waals surface area contributed by atoms with Crippen molar-refractivity contribution in [2.75, 3.05) is 0 Å². The van der Waals surface area contributed by atoms with E-state index in [-0.39, 0.29) is 0 Å². The number of ether oxygens (including phenoxy) is 2. The van der Waals surface area contributed by atoms with Crippen LogP contribution in [0.25, 0.3) is 0 Å². The van der Waals surface area contributed by atoms with Crippen LogP contribution in [0, 0.1) is 6.92 Å². The molecule has 130 valence electrons. The highest BCUT2D eigenvalue weighted by Gasteiger charge is 2.05. The SMILES string of the molecule is CC.Cc1ccc(OCc2ccccc2)nc1OCc1ccccc1. The summed E-state index contributed by atoms with van der Waals surface area (Å²) in [5, 5.41) is 0. The summed E-state index contributed by atoms with van der Waals surface area (Å²) in [4.78, 5) is 4.46. The Balaban J connectivity index is 0.00000109. The first-order valence-corrected chi connectivity index (χ1v) is 8.62. The molecule has 0 N–H and O–H groups in total. The summed E-state index contributed by atoms with van der Waals surface area (Å²) in [6.45, 7) is 6.97. The third-order valence-electron chi connectivity index (χ3n) is 3.47. The highest BCUT2D eigenvalue weighted by molar-refractivity contribution is 5.30. The predicted octanol–water partition coefficient (Wildman–Crippen LogP) is 5.57. The molecule has 1 aromatic heterocycles. The lowest BCUT2D eigenvalue weighted by Crippen LogP contribution is -2.02. The normalized spacial score (nSPS) is 9.72. The van der Waals surface area contributed by atoms with Crippen LogP contribution in [0.4, 0.5) is 0 Å². The van der Waals surface area contributed by atoms with Gasteiger partial charge in [0.25, 0.3) is 0 Å². The number of nitrogens with zero attached hydrogens (tertiary/aromatic N) is 1. The fourth-order valence-corrected chi connectivity index (χ4v) is 2.18. The van der Waals surface area contributed by atoms with Crippen molar-refractivity contribution in [3.8, 4) is 11.8 Å². The molecule has 0 aliphatic heterocycles. The second kappa shape index (κ2) is 10.1. The zero-order valence-corrected chi connectivity index (χ0v) is 15.1. The van der Waals surface area contributed by atoms with Gasteiger partial charge < -0.3 is 9.47 Å². The van der Waals surface area contributed by atoms with Crippen LogP contribution in [-0.4, -0.2) is 4.98 Å². The summed E-state index contributed by atoms with van der Waals surface area (Å²) in [7, 11) is 0. The first kappa shape index (κ1) is 18.5. The van der Waals surface area contributed by atoms with Gasteiger partial charge in [0, 0.05) is 11.6 Å². The van der Waals surface area contributed by atoms with Gasteiger partial charge in [0.15, 0.2) is 0 Å². The molecule has 0 atom stereocenters. The third kappa shape index (κ3) is 5.96. The van der Waals surface area contributed by atoms with E-state index < -0.39 is 0 Å². The van der Waals surface area contributed by atoms with Crippen LogP contribution >= 0.6 is 0 Å². The maximum atomic E-state index is 5.82. The molecule has 0 saturated heterocycles. The first-order valence-electron chi connectivity index (χ1n) is 8.62. The Hall–Kier alpha value is -2.81. The summed E-state index contributed by atoms with van der Waals surface area (Å²) in [6.07, 6.45) is 0. The van der Waals surface area contributed by atoms with Crippen LogP contribution in [0.2, 0.25) is 0 Å². The maximum Gasteiger partial charge on any atom is 0.219 e. The Bertz CT molecular complexity index is 742. The van der Waals surface area contributed by atoms with E-state index in [1.807, 2.05) is 93.6 Å². The number of benzene rings is 2. The quantitative estimate of drug-likeness (QED) is 0.590. The minimum atomic E-state index is 0.495. The van der Waals surface area contributed by atoms with Gasteiger partial charge in [-0.3, -0.25) is 0 Å².